The van der Waals surface area contributed by atoms with E-state index in [1.54, 1.807) is 5.57 Å². The maximum Gasteiger partial charge on any atom is 0.223 e. The second-order valence-electron chi connectivity index (χ2n) is 10.7. The van der Waals surface area contributed by atoms with E-state index >= 15 is 0 Å². The highest BCUT2D eigenvalue weighted by Gasteiger charge is 2.46. The van der Waals surface area contributed by atoms with Crippen molar-refractivity contribution in [1.82, 2.24) is 14.4 Å². The van der Waals surface area contributed by atoms with Crippen LogP contribution in [-0.2, 0) is 18.3 Å². The molecule has 1 aromatic heterocycles. The number of likely N-dealkylation sites (tertiary alicyclic amines) is 1. The summed E-state index contributed by atoms with van der Waals surface area (Å²) in [6.45, 7) is 3.44. The average molecular weight is 432 g/mol. The Kier molecular flexibility index (Phi) is 5.37. The van der Waals surface area contributed by atoms with Gasteiger partial charge in [0, 0.05) is 49.7 Å². The van der Waals surface area contributed by atoms with Gasteiger partial charge in [-0.25, -0.2) is 0 Å². The van der Waals surface area contributed by atoms with Gasteiger partial charge in [-0.1, -0.05) is 36.3 Å². The standard InChI is InChI=1S/C28H37N3O/c1-29-18-21(24-10-2-3-12-26(24)29)8-6-13-27(32)31-15-7-9-20-16-22-17-23(28(20)31)19-30-14-5-4-11-25(22)30/h2-3,10,12,16,18,22-23,25,28H,4-9,11,13-15,17,19H2,1H3/t22-,23-,25-,28+/m0/s1. The molecule has 0 N–H and O–H groups in total. The molecule has 1 aromatic carbocycles. The Hall–Kier alpha value is -2.07. The monoisotopic (exact) mass is 431 g/mol. The molecule has 170 valence electrons. The quantitative estimate of drug-likeness (QED) is 0.643. The fourth-order valence-corrected chi connectivity index (χ4v) is 7.45. The van der Waals surface area contributed by atoms with E-state index < -0.39 is 0 Å². The molecule has 4 aliphatic rings. The van der Waals surface area contributed by atoms with Crippen molar-refractivity contribution in [3.05, 3.63) is 47.7 Å². The lowest BCUT2D eigenvalue weighted by atomic mass is 9.68. The fourth-order valence-electron chi connectivity index (χ4n) is 7.45. The number of carbonyl (C=O) groups excluding carboxylic acids is 1. The second kappa shape index (κ2) is 8.37. The van der Waals surface area contributed by atoms with Gasteiger partial charge in [-0.3, -0.25) is 9.69 Å². The molecule has 1 aliphatic carbocycles. The molecular weight excluding hydrogens is 394 g/mol. The highest BCUT2D eigenvalue weighted by molar-refractivity contribution is 5.84. The second-order valence-corrected chi connectivity index (χ2v) is 10.7. The summed E-state index contributed by atoms with van der Waals surface area (Å²) < 4.78 is 2.21. The number of amides is 1. The van der Waals surface area contributed by atoms with Crippen LogP contribution in [0.1, 0.15) is 56.9 Å². The summed E-state index contributed by atoms with van der Waals surface area (Å²) >= 11 is 0. The number of hydrogen-bond donors (Lipinski definition) is 0. The maximum atomic E-state index is 13.4. The van der Waals surface area contributed by atoms with Crippen LogP contribution in [0.3, 0.4) is 0 Å². The number of para-hydroxylation sites is 1. The minimum absolute atomic E-state index is 0.382. The number of rotatable bonds is 4. The van der Waals surface area contributed by atoms with Crippen molar-refractivity contribution in [3.63, 3.8) is 0 Å². The summed E-state index contributed by atoms with van der Waals surface area (Å²) in [6, 6.07) is 9.77. The number of aromatic nitrogens is 1. The Morgan fingerprint density at radius 3 is 2.97 bits per heavy atom. The van der Waals surface area contributed by atoms with Gasteiger partial charge in [0.25, 0.3) is 0 Å². The van der Waals surface area contributed by atoms with Crippen molar-refractivity contribution < 1.29 is 4.79 Å². The predicted octanol–water partition coefficient (Wildman–Crippen LogP) is 4.92. The van der Waals surface area contributed by atoms with E-state index in [2.05, 4.69) is 58.0 Å². The van der Waals surface area contributed by atoms with Gasteiger partial charge in [-0.15, -0.1) is 0 Å². The molecule has 2 aromatic rings. The summed E-state index contributed by atoms with van der Waals surface area (Å²) in [5.74, 6) is 1.78. The zero-order chi connectivity index (χ0) is 21.7. The molecular formula is C28H37N3O. The van der Waals surface area contributed by atoms with Crippen LogP contribution in [0.2, 0.25) is 0 Å². The van der Waals surface area contributed by atoms with E-state index in [-0.39, 0.29) is 0 Å². The molecule has 32 heavy (non-hydrogen) atoms. The van der Waals surface area contributed by atoms with Crippen LogP contribution in [0.5, 0.6) is 0 Å². The van der Waals surface area contributed by atoms with Crippen molar-refractivity contribution in [3.8, 4) is 0 Å². The number of fused-ring (bicyclic) bond motifs is 7. The van der Waals surface area contributed by atoms with Gasteiger partial charge in [0.1, 0.15) is 0 Å². The maximum absolute atomic E-state index is 13.4. The van der Waals surface area contributed by atoms with E-state index in [9.17, 15) is 4.79 Å². The Morgan fingerprint density at radius 1 is 1.12 bits per heavy atom. The number of benzene rings is 1. The lowest BCUT2D eigenvalue weighted by Crippen LogP contribution is -2.60. The smallest absolute Gasteiger partial charge is 0.223 e. The van der Waals surface area contributed by atoms with E-state index in [0.29, 0.717) is 24.3 Å². The number of nitrogens with zero attached hydrogens (tertiary/aromatic N) is 3. The summed E-state index contributed by atoms with van der Waals surface area (Å²) in [6.07, 6.45) is 15.3. The van der Waals surface area contributed by atoms with E-state index in [0.717, 1.165) is 37.8 Å². The predicted molar refractivity (Wildman–Crippen MR) is 129 cm³/mol. The average Bonchev–Trinajstić information content (AvgIpc) is 3.14. The van der Waals surface area contributed by atoms with Gasteiger partial charge in [0.2, 0.25) is 5.91 Å². The number of aryl methyl sites for hydroxylation is 2. The highest BCUT2D eigenvalue weighted by atomic mass is 16.2. The summed E-state index contributed by atoms with van der Waals surface area (Å²) in [5, 5.41) is 1.34. The lowest BCUT2D eigenvalue weighted by molar-refractivity contribution is -0.136. The van der Waals surface area contributed by atoms with Crippen LogP contribution < -0.4 is 0 Å². The molecule has 4 nitrogen and oxygen atoms in total. The molecule has 4 heterocycles. The van der Waals surface area contributed by atoms with Crippen molar-refractivity contribution in [2.45, 2.75) is 69.9 Å². The lowest BCUT2D eigenvalue weighted by Gasteiger charge is -2.54. The van der Waals surface area contributed by atoms with Crippen molar-refractivity contribution >= 4 is 16.8 Å². The van der Waals surface area contributed by atoms with Gasteiger partial charge in [-0.2, -0.15) is 0 Å². The van der Waals surface area contributed by atoms with Gasteiger partial charge >= 0.3 is 0 Å². The van der Waals surface area contributed by atoms with E-state index in [4.69, 9.17) is 0 Å². The molecule has 0 saturated carbocycles. The van der Waals surface area contributed by atoms with Crippen molar-refractivity contribution in [2.75, 3.05) is 19.6 Å². The largest absolute Gasteiger partial charge is 0.350 e. The van der Waals surface area contributed by atoms with Crippen LogP contribution in [0.4, 0.5) is 0 Å². The zero-order valence-electron chi connectivity index (χ0n) is 19.5. The van der Waals surface area contributed by atoms with Crippen LogP contribution >= 0.6 is 0 Å². The summed E-state index contributed by atoms with van der Waals surface area (Å²) in [4.78, 5) is 18.5. The third-order valence-corrected chi connectivity index (χ3v) is 8.79. The minimum atomic E-state index is 0.382. The molecule has 3 fully saturated rings. The molecule has 4 heteroatoms. The van der Waals surface area contributed by atoms with Gasteiger partial charge in [0.15, 0.2) is 0 Å². The first-order valence-electron chi connectivity index (χ1n) is 13.0. The highest BCUT2D eigenvalue weighted by Crippen LogP contribution is 2.45. The van der Waals surface area contributed by atoms with Gasteiger partial charge in [0.05, 0.1) is 6.04 Å². The minimum Gasteiger partial charge on any atom is -0.350 e. The first-order chi connectivity index (χ1) is 15.7. The zero-order valence-corrected chi connectivity index (χ0v) is 19.5. The summed E-state index contributed by atoms with van der Waals surface area (Å²) in [5.41, 5.74) is 4.26. The molecule has 3 aliphatic heterocycles. The van der Waals surface area contributed by atoms with Crippen LogP contribution in [0.25, 0.3) is 10.9 Å². The number of hydrogen-bond acceptors (Lipinski definition) is 2. The Morgan fingerprint density at radius 2 is 2.03 bits per heavy atom. The fraction of sp³-hybridized carbons (Fsp3) is 0.607. The van der Waals surface area contributed by atoms with Gasteiger partial charge < -0.3 is 9.47 Å². The molecule has 2 bridgehead atoms. The number of carbonyl (C=O) groups is 1. The SMILES string of the molecule is Cn1cc(CCCC(=O)N2CCCC3=C[C@H]4C[C@@H](CN5CCCC[C@@H]45)[C@@H]32)c2ccccc21. The number of piperidine rings is 3. The third-order valence-electron chi connectivity index (χ3n) is 8.79. The van der Waals surface area contributed by atoms with Crippen LogP contribution in [0, 0.1) is 11.8 Å². The van der Waals surface area contributed by atoms with Crippen molar-refractivity contribution in [2.24, 2.45) is 18.9 Å². The molecule has 0 spiro atoms. The molecule has 4 atom stereocenters. The van der Waals surface area contributed by atoms with Gasteiger partial charge in [-0.05, 0) is 75.0 Å². The first kappa shape index (κ1) is 20.5. The topological polar surface area (TPSA) is 28.5 Å². The molecule has 0 unspecified atom stereocenters. The third kappa shape index (κ3) is 3.51. The molecule has 6 rings (SSSR count). The summed E-state index contributed by atoms with van der Waals surface area (Å²) in [7, 11) is 2.12. The Balaban J connectivity index is 1.14. The Bertz CT molecular complexity index is 1040. The first-order valence-corrected chi connectivity index (χ1v) is 13.0. The normalized spacial score (nSPS) is 30.0. The van der Waals surface area contributed by atoms with Crippen molar-refractivity contribution in [1.29, 1.82) is 0 Å². The molecule has 1 amide bonds. The van der Waals surface area contributed by atoms with Crippen LogP contribution in [0.15, 0.2) is 42.1 Å². The van der Waals surface area contributed by atoms with E-state index in [1.807, 2.05) is 0 Å². The molecule has 0 radical (unpaired) electrons. The van der Waals surface area contributed by atoms with Crippen LogP contribution in [-0.4, -0.2) is 52.0 Å². The van der Waals surface area contributed by atoms with E-state index in [1.165, 1.54) is 61.7 Å². The Labute approximate surface area is 192 Å². The molecule has 3 saturated heterocycles.